The van der Waals surface area contributed by atoms with E-state index in [0.717, 1.165) is 22.4 Å². The summed E-state index contributed by atoms with van der Waals surface area (Å²) in [5, 5.41) is 15.9. The summed E-state index contributed by atoms with van der Waals surface area (Å²) < 4.78 is 30.7. The Morgan fingerprint density at radius 3 is 2.64 bits per heavy atom. The number of nitrogens with one attached hydrogen (secondary N) is 4. The SMILES string of the molecule is COCCNC(=O)c1cc2cc(c1)C(=O)N[C@H]1CN(Cc3cn[nH]c3-c3ccc(F)cc3)C[C@@H]1Oc1ccc(cc1)CNC(=O)CO2. The zero-order valence-corrected chi connectivity index (χ0v) is 25.8. The summed E-state index contributed by atoms with van der Waals surface area (Å²) in [5.74, 6) is -0.701. The van der Waals surface area contributed by atoms with E-state index in [0.29, 0.717) is 32.0 Å². The van der Waals surface area contributed by atoms with Gasteiger partial charge in [0.1, 0.15) is 23.4 Å². The van der Waals surface area contributed by atoms with E-state index in [1.54, 1.807) is 18.3 Å². The number of H-pyrrole nitrogens is 1. The summed E-state index contributed by atoms with van der Waals surface area (Å²) >= 11 is 0. The Hall–Kier alpha value is -5.27. The van der Waals surface area contributed by atoms with Crippen LogP contribution >= 0.6 is 0 Å². The van der Waals surface area contributed by atoms with Crippen LogP contribution in [0.25, 0.3) is 11.3 Å². The summed E-state index contributed by atoms with van der Waals surface area (Å²) in [7, 11) is 1.53. The quantitative estimate of drug-likeness (QED) is 0.225. The summed E-state index contributed by atoms with van der Waals surface area (Å²) in [5.41, 5.74) is 3.78. The van der Waals surface area contributed by atoms with Crippen LogP contribution in [0.1, 0.15) is 31.8 Å². The third-order valence-corrected chi connectivity index (χ3v) is 8.00. The van der Waals surface area contributed by atoms with Crippen LogP contribution in [0.15, 0.2) is 72.9 Å². The molecule has 4 aromatic rings. The number of carbonyl (C=O) groups is 3. The second kappa shape index (κ2) is 14.4. The monoisotopic (exact) mass is 642 g/mol. The Kier molecular flexibility index (Phi) is 9.74. The molecule has 1 aromatic heterocycles. The fourth-order valence-electron chi connectivity index (χ4n) is 5.60. The van der Waals surface area contributed by atoms with E-state index < -0.39 is 24.0 Å². The van der Waals surface area contributed by atoms with E-state index in [2.05, 4.69) is 31.0 Å². The van der Waals surface area contributed by atoms with E-state index in [1.807, 2.05) is 24.3 Å². The van der Waals surface area contributed by atoms with Crippen LogP contribution in [0.4, 0.5) is 4.39 Å². The van der Waals surface area contributed by atoms with Crippen molar-refractivity contribution in [3.05, 3.63) is 101 Å². The average Bonchev–Trinajstić information content (AvgIpc) is 3.69. The topological polar surface area (TPSA) is 147 Å². The van der Waals surface area contributed by atoms with Crippen LogP contribution in [-0.4, -0.2) is 84.9 Å². The molecule has 13 heteroatoms. The first-order valence-corrected chi connectivity index (χ1v) is 15.2. The third kappa shape index (κ3) is 7.94. The zero-order valence-electron chi connectivity index (χ0n) is 25.8. The molecular formula is C34H35FN6O6. The van der Waals surface area contributed by atoms with Gasteiger partial charge < -0.3 is 30.2 Å². The number of benzene rings is 3. The number of aromatic amines is 1. The summed E-state index contributed by atoms with van der Waals surface area (Å²) in [4.78, 5) is 41.4. The van der Waals surface area contributed by atoms with Gasteiger partial charge in [-0.05, 0) is 60.2 Å². The van der Waals surface area contributed by atoms with Crippen molar-refractivity contribution in [2.75, 3.05) is 40.0 Å². The van der Waals surface area contributed by atoms with E-state index in [1.165, 1.54) is 37.4 Å². The van der Waals surface area contributed by atoms with Gasteiger partial charge in [-0.25, -0.2) is 4.39 Å². The van der Waals surface area contributed by atoms with Crippen molar-refractivity contribution >= 4 is 17.7 Å². The molecule has 0 unspecified atom stereocenters. The van der Waals surface area contributed by atoms with Gasteiger partial charge >= 0.3 is 0 Å². The molecule has 1 fully saturated rings. The molecule has 244 valence electrons. The van der Waals surface area contributed by atoms with Crippen LogP contribution in [0.2, 0.25) is 0 Å². The van der Waals surface area contributed by atoms with Crippen molar-refractivity contribution in [1.29, 1.82) is 0 Å². The second-order valence-electron chi connectivity index (χ2n) is 11.4. The maximum Gasteiger partial charge on any atom is 0.258 e. The first kappa shape index (κ1) is 31.7. The Morgan fingerprint density at radius 1 is 1.04 bits per heavy atom. The highest BCUT2D eigenvalue weighted by Crippen LogP contribution is 2.27. The number of likely N-dealkylation sites (tertiary alicyclic amines) is 1. The normalized spacial score (nSPS) is 18.3. The third-order valence-electron chi connectivity index (χ3n) is 8.00. The fraction of sp³-hybridized carbons (Fsp3) is 0.294. The lowest BCUT2D eigenvalue weighted by atomic mass is 10.1. The molecule has 12 nitrogen and oxygen atoms in total. The molecular weight excluding hydrogens is 607 g/mol. The van der Waals surface area contributed by atoms with Crippen molar-refractivity contribution in [3.63, 3.8) is 0 Å². The Balaban J connectivity index is 1.27. The van der Waals surface area contributed by atoms with Crippen LogP contribution in [0.3, 0.4) is 0 Å². The Bertz CT molecular complexity index is 1730. The molecule has 2 atom stereocenters. The minimum absolute atomic E-state index is 0.193. The van der Waals surface area contributed by atoms with Crippen molar-refractivity contribution < 1.29 is 33.0 Å². The van der Waals surface area contributed by atoms with Crippen molar-refractivity contribution in [1.82, 2.24) is 31.0 Å². The predicted octanol–water partition coefficient (Wildman–Crippen LogP) is 2.66. The first-order valence-electron chi connectivity index (χ1n) is 15.2. The lowest BCUT2D eigenvalue weighted by molar-refractivity contribution is -0.123. The minimum Gasteiger partial charge on any atom is -0.487 e. The highest BCUT2D eigenvalue weighted by molar-refractivity contribution is 6.00. The van der Waals surface area contributed by atoms with Gasteiger partial charge in [0.2, 0.25) is 0 Å². The maximum absolute atomic E-state index is 13.8. The smallest absolute Gasteiger partial charge is 0.258 e. The fourth-order valence-corrected chi connectivity index (χ4v) is 5.60. The molecule has 3 aliphatic heterocycles. The molecule has 0 saturated carbocycles. The van der Waals surface area contributed by atoms with Gasteiger partial charge in [0.25, 0.3) is 17.7 Å². The van der Waals surface area contributed by atoms with Crippen LogP contribution in [-0.2, 0) is 22.6 Å². The van der Waals surface area contributed by atoms with Gasteiger partial charge in [-0.2, -0.15) is 5.10 Å². The van der Waals surface area contributed by atoms with Crippen molar-refractivity contribution in [3.8, 4) is 22.8 Å². The molecule has 7 rings (SSSR count). The molecule has 3 amide bonds. The van der Waals surface area contributed by atoms with Gasteiger partial charge in [-0.15, -0.1) is 0 Å². The Morgan fingerprint density at radius 2 is 1.85 bits per heavy atom. The number of halogens is 1. The van der Waals surface area contributed by atoms with Gasteiger partial charge in [0.15, 0.2) is 6.61 Å². The number of amides is 3. The molecule has 0 radical (unpaired) electrons. The molecule has 1 saturated heterocycles. The van der Waals surface area contributed by atoms with Gasteiger partial charge in [0.05, 0.1) is 24.5 Å². The number of ether oxygens (including phenoxy) is 3. The number of fused-ring (bicyclic) bond motifs is 7. The molecule has 0 aliphatic carbocycles. The molecule has 0 spiro atoms. The number of hydrogen-bond donors (Lipinski definition) is 4. The van der Waals surface area contributed by atoms with Gasteiger partial charge in [0, 0.05) is 62.1 Å². The lowest BCUT2D eigenvalue weighted by Crippen LogP contribution is -2.45. The molecule has 3 aromatic carbocycles. The summed E-state index contributed by atoms with van der Waals surface area (Å²) in [6.45, 7) is 2.04. The second-order valence-corrected chi connectivity index (χ2v) is 11.4. The number of rotatable bonds is 7. The van der Waals surface area contributed by atoms with E-state index >= 15 is 0 Å². The van der Waals surface area contributed by atoms with Gasteiger partial charge in [-0.3, -0.25) is 24.4 Å². The Labute approximate surface area is 270 Å². The average molecular weight is 643 g/mol. The molecule has 47 heavy (non-hydrogen) atoms. The molecule has 4 heterocycles. The largest absolute Gasteiger partial charge is 0.487 e. The lowest BCUT2D eigenvalue weighted by Gasteiger charge is -2.22. The zero-order chi connectivity index (χ0) is 32.8. The first-order chi connectivity index (χ1) is 22.8. The standard InChI is InChI=1S/C34H35FN6O6/c1-45-11-10-36-33(43)23-12-24-14-28(13-23)46-20-31(42)37-15-21-2-8-27(9-3-21)47-30-19-41(18-29(30)39-34(24)44)17-25-16-38-40-32(25)22-4-6-26(35)7-5-22/h2-9,12-14,16,29-30H,10-11,15,17-20H2,1H3,(H,36,43)(H,37,42)(H,38,40)(H,39,44)/t29-,30-/m0/s1. The molecule has 3 aliphatic rings. The van der Waals surface area contributed by atoms with Gasteiger partial charge in [-0.1, -0.05) is 12.1 Å². The predicted molar refractivity (Wildman–Crippen MR) is 169 cm³/mol. The minimum atomic E-state index is -0.429. The van der Waals surface area contributed by atoms with Crippen molar-refractivity contribution in [2.24, 2.45) is 0 Å². The van der Waals surface area contributed by atoms with E-state index in [-0.39, 0.29) is 48.3 Å². The van der Waals surface area contributed by atoms with E-state index in [4.69, 9.17) is 14.2 Å². The molecule has 4 N–H and O–H groups in total. The van der Waals surface area contributed by atoms with Crippen LogP contribution < -0.4 is 25.4 Å². The number of hydrogen-bond acceptors (Lipinski definition) is 8. The number of aromatic nitrogens is 2. The maximum atomic E-state index is 13.8. The van der Waals surface area contributed by atoms with Crippen molar-refractivity contribution in [2.45, 2.75) is 25.2 Å². The summed E-state index contributed by atoms with van der Waals surface area (Å²) in [6, 6.07) is 17.7. The van der Waals surface area contributed by atoms with Crippen LogP contribution in [0, 0.1) is 5.82 Å². The van der Waals surface area contributed by atoms with E-state index in [9.17, 15) is 18.8 Å². The molecule has 4 bridgehead atoms. The number of nitrogens with zero attached hydrogens (tertiary/aromatic N) is 2. The number of methoxy groups -OCH3 is 1. The highest BCUT2D eigenvalue weighted by atomic mass is 19.1. The highest BCUT2D eigenvalue weighted by Gasteiger charge is 2.36. The summed E-state index contributed by atoms with van der Waals surface area (Å²) in [6.07, 6.45) is 1.32. The number of carbonyl (C=O) groups excluding carboxylic acids is 3. The van der Waals surface area contributed by atoms with Crippen LogP contribution in [0.5, 0.6) is 11.5 Å².